The molecule has 2 atom stereocenters. The van der Waals surface area contributed by atoms with E-state index in [0.29, 0.717) is 6.04 Å². The van der Waals surface area contributed by atoms with Crippen molar-refractivity contribution in [3.63, 3.8) is 0 Å². The summed E-state index contributed by atoms with van der Waals surface area (Å²) in [6, 6.07) is 7.15. The minimum atomic E-state index is 0.246. The summed E-state index contributed by atoms with van der Waals surface area (Å²) in [7, 11) is 0. The van der Waals surface area contributed by atoms with Crippen LogP contribution in [0.15, 0.2) is 18.2 Å². The first-order valence-corrected chi connectivity index (χ1v) is 6.99. The summed E-state index contributed by atoms with van der Waals surface area (Å²) >= 11 is 0. The third-order valence-electron chi connectivity index (χ3n) is 3.20. The fourth-order valence-electron chi connectivity index (χ4n) is 2.49. The van der Waals surface area contributed by atoms with Crippen LogP contribution in [0.2, 0.25) is 0 Å². The molecular weight excluding hydrogens is 222 g/mol. The van der Waals surface area contributed by atoms with Crippen molar-refractivity contribution in [1.29, 1.82) is 0 Å². The molecule has 1 N–H and O–H groups in total. The maximum atomic E-state index is 5.73. The second-order valence-corrected chi connectivity index (χ2v) is 5.02. The molecule has 0 radical (unpaired) electrons. The number of benzene rings is 1. The van der Waals surface area contributed by atoms with E-state index in [1.165, 1.54) is 16.7 Å². The first kappa shape index (κ1) is 15.2. The molecule has 2 heteroatoms. The molecule has 0 amide bonds. The first-order chi connectivity index (χ1) is 8.56. The second kappa shape index (κ2) is 7.55. The van der Waals surface area contributed by atoms with E-state index >= 15 is 0 Å². The van der Waals surface area contributed by atoms with Crippen molar-refractivity contribution >= 4 is 0 Å². The average Bonchev–Trinajstić information content (AvgIpc) is 2.27. The largest absolute Gasteiger partial charge is 0.377 e. The van der Waals surface area contributed by atoms with Gasteiger partial charge in [0.15, 0.2) is 0 Å². The highest BCUT2D eigenvalue weighted by molar-refractivity contribution is 5.29. The molecule has 102 valence electrons. The fraction of sp³-hybridized carbons (Fsp3) is 0.625. The highest BCUT2D eigenvalue weighted by Gasteiger charge is 2.17. The Morgan fingerprint density at radius 1 is 1.11 bits per heavy atom. The van der Waals surface area contributed by atoms with Gasteiger partial charge in [0.05, 0.1) is 6.10 Å². The van der Waals surface area contributed by atoms with Crippen LogP contribution in [0, 0.1) is 13.8 Å². The quantitative estimate of drug-likeness (QED) is 0.801. The maximum absolute atomic E-state index is 5.73. The van der Waals surface area contributed by atoms with Gasteiger partial charge in [0.1, 0.15) is 0 Å². The van der Waals surface area contributed by atoms with Crippen molar-refractivity contribution in [3.05, 3.63) is 34.9 Å². The van der Waals surface area contributed by atoms with Gasteiger partial charge in [0.25, 0.3) is 0 Å². The van der Waals surface area contributed by atoms with Gasteiger partial charge in [-0.1, -0.05) is 36.2 Å². The molecule has 0 fully saturated rings. The van der Waals surface area contributed by atoms with Crippen molar-refractivity contribution in [2.24, 2.45) is 0 Å². The third kappa shape index (κ3) is 4.79. The molecule has 1 aromatic carbocycles. The van der Waals surface area contributed by atoms with Crippen LogP contribution < -0.4 is 5.32 Å². The van der Waals surface area contributed by atoms with Crippen molar-refractivity contribution in [2.75, 3.05) is 13.2 Å². The van der Waals surface area contributed by atoms with Gasteiger partial charge in [0.2, 0.25) is 0 Å². The number of aryl methyl sites for hydroxylation is 2. The monoisotopic (exact) mass is 249 g/mol. The molecule has 1 rings (SSSR count). The standard InChI is InChI=1S/C16H27NO/c1-6-17-16(14(5)18-7-2)11-15-9-12(3)8-13(4)10-15/h8-10,14,16-17H,6-7,11H2,1-5H3. The summed E-state index contributed by atoms with van der Waals surface area (Å²) in [5.41, 5.74) is 4.07. The molecule has 1 aromatic rings. The van der Waals surface area contributed by atoms with Gasteiger partial charge in [-0.05, 0) is 46.2 Å². The molecule has 0 aliphatic heterocycles. The van der Waals surface area contributed by atoms with E-state index < -0.39 is 0 Å². The van der Waals surface area contributed by atoms with Crippen LogP contribution >= 0.6 is 0 Å². The summed E-state index contributed by atoms with van der Waals surface area (Å²) in [5.74, 6) is 0. The summed E-state index contributed by atoms with van der Waals surface area (Å²) in [6.45, 7) is 12.4. The molecular formula is C16H27NO. The van der Waals surface area contributed by atoms with Crippen LogP contribution in [-0.4, -0.2) is 25.3 Å². The summed E-state index contributed by atoms with van der Waals surface area (Å²) < 4.78 is 5.73. The Morgan fingerprint density at radius 2 is 1.72 bits per heavy atom. The van der Waals surface area contributed by atoms with Crippen LogP contribution in [0.4, 0.5) is 0 Å². The van der Waals surface area contributed by atoms with Crippen LogP contribution in [-0.2, 0) is 11.2 Å². The minimum Gasteiger partial charge on any atom is -0.377 e. The topological polar surface area (TPSA) is 21.3 Å². The highest BCUT2D eigenvalue weighted by atomic mass is 16.5. The van der Waals surface area contributed by atoms with Crippen molar-refractivity contribution in [3.8, 4) is 0 Å². The molecule has 0 saturated carbocycles. The first-order valence-electron chi connectivity index (χ1n) is 6.99. The summed E-state index contributed by atoms with van der Waals surface area (Å²) in [6.07, 6.45) is 1.27. The van der Waals surface area contributed by atoms with E-state index in [-0.39, 0.29) is 6.10 Å². The fourth-order valence-corrected chi connectivity index (χ4v) is 2.49. The lowest BCUT2D eigenvalue weighted by molar-refractivity contribution is 0.0480. The minimum absolute atomic E-state index is 0.246. The second-order valence-electron chi connectivity index (χ2n) is 5.02. The Morgan fingerprint density at radius 3 is 2.22 bits per heavy atom. The molecule has 18 heavy (non-hydrogen) atoms. The molecule has 0 aliphatic carbocycles. The number of ether oxygens (including phenoxy) is 1. The van der Waals surface area contributed by atoms with Crippen molar-refractivity contribution in [2.45, 2.75) is 53.2 Å². The lowest BCUT2D eigenvalue weighted by Gasteiger charge is -2.25. The van der Waals surface area contributed by atoms with Crippen LogP contribution in [0.1, 0.15) is 37.5 Å². The predicted octanol–water partition coefficient (Wildman–Crippen LogP) is 3.25. The molecule has 0 aromatic heterocycles. The van der Waals surface area contributed by atoms with Gasteiger partial charge in [-0.3, -0.25) is 0 Å². The number of likely N-dealkylation sites (N-methyl/N-ethyl adjacent to an activating group) is 1. The third-order valence-corrected chi connectivity index (χ3v) is 3.20. The lowest BCUT2D eigenvalue weighted by atomic mass is 9.98. The van der Waals surface area contributed by atoms with E-state index in [1.807, 2.05) is 0 Å². The van der Waals surface area contributed by atoms with E-state index in [1.54, 1.807) is 0 Å². The van der Waals surface area contributed by atoms with Gasteiger partial charge in [-0.2, -0.15) is 0 Å². The number of hydrogen-bond acceptors (Lipinski definition) is 2. The zero-order valence-corrected chi connectivity index (χ0v) is 12.4. The molecule has 0 heterocycles. The summed E-state index contributed by atoms with van der Waals surface area (Å²) in [4.78, 5) is 0. The Labute approximate surface area is 112 Å². The SMILES string of the molecule is CCNC(Cc1cc(C)cc(C)c1)C(C)OCC. The van der Waals surface area contributed by atoms with Crippen molar-refractivity contribution in [1.82, 2.24) is 5.32 Å². The lowest BCUT2D eigenvalue weighted by Crippen LogP contribution is -2.41. The normalized spacial score (nSPS) is 14.5. The highest BCUT2D eigenvalue weighted by Crippen LogP contribution is 2.13. The van der Waals surface area contributed by atoms with Gasteiger partial charge >= 0.3 is 0 Å². The van der Waals surface area contributed by atoms with Crippen LogP contribution in [0.25, 0.3) is 0 Å². The smallest absolute Gasteiger partial charge is 0.0703 e. The Hall–Kier alpha value is -0.860. The zero-order chi connectivity index (χ0) is 13.5. The zero-order valence-electron chi connectivity index (χ0n) is 12.4. The van der Waals surface area contributed by atoms with Gasteiger partial charge in [-0.25, -0.2) is 0 Å². The molecule has 0 spiro atoms. The van der Waals surface area contributed by atoms with Crippen LogP contribution in [0.3, 0.4) is 0 Å². The predicted molar refractivity (Wildman–Crippen MR) is 78.2 cm³/mol. The molecule has 2 nitrogen and oxygen atoms in total. The number of nitrogens with one attached hydrogen (secondary N) is 1. The Balaban J connectivity index is 2.75. The number of hydrogen-bond donors (Lipinski definition) is 1. The van der Waals surface area contributed by atoms with Crippen LogP contribution in [0.5, 0.6) is 0 Å². The van der Waals surface area contributed by atoms with Gasteiger partial charge < -0.3 is 10.1 Å². The average molecular weight is 249 g/mol. The van der Waals surface area contributed by atoms with Gasteiger partial charge in [0, 0.05) is 12.6 Å². The van der Waals surface area contributed by atoms with E-state index in [9.17, 15) is 0 Å². The van der Waals surface area contributed by atoms with E-state index in [2.05, 4.69) is 58.1 Å². The Kier molecular flexibility index (Phi) is 6.37. The molecule has 0 saturated heterocycles. The molecule has 2 unspecified atom stereocenters. The number of rotatable bonds is 7. The molecule has 0 bridgehead atoms. The summed E-state index contributed by atoms with van der Waals surface area (Å²) in [5, 5.41) is 3.53. The van der Waals surface area contributed by atoms with E-state index in [0.717, 1.165) is 19.6 Å². The van der Waals surface area contributed by atoms with E-state index in [4.69, 9.17) is 4.74 Å². The molecule has 0 aliphatic rings. The van der Waals surface area contributed by atoms with Gasteiger partial charge in [-0.15, -0.1) is 0 Å². The Bertz CT molecular complexity index is 342. The maximum Gasteiger partial charge on any atom is 0.0703 e. The van der Waals surface area contributed by atoms with Crippen molar-refractivity contribution < 1.29 is 4.74 Å².